The molecule has 0 saturated heterocycles. The Hall–Kier alpha value is -0.660. The van der Waals surface area contributed by atoms with Crippen LogP contribution in [0.4, 0.5) is 0 Å². The van der Waals surface area contributed by atoms with Crippen LogP contribution >= 0.6 is 11.6 Å². The summed E-state index contributed by atoms with van der Waals surface area (Å²) in [6.45, 7) is 3.45. The van der Waals surface area contributed by atoms with E-state index in [1.54, 1.807) is 38.1 Å². The maximum absolute atomic E-state index is 10.9. The van der Waals surface area contributed by atoms with E-state index in [-0.39, 0.29) is 5.92 Å². The molecule has 3 N–H and O–H groups in total. The normalized spacial score (nSPS) is 15.7. The van der Waals surface area contributed by atoms with Crippen molar-refractivity contribution < 1.29 is 18.1 Å². The highest BCUT2D eigenvalue weighted by atomic mass is 35.5. The summed E-state index contributed by atoms with van der Waals surface area (Å²) in [6.07, 6.45) is -1.14. The Morgan fingerprint density at radius 3 is 2.28 bits per heavy atom. The summed E-state index contributed by atoms with van der Waals surface area (Å²) in [5, 5.41) is 10.5. The fraction of sp³-hybridized carbons (Fsp3) is 0.455. The van der Waals surface area contributed by atoms with E-state index in [2.05, 4.69) is 0 Å². The van der Waals surface area contributed by atoms with Crippen LogP contribution in [0.2, 0.25) is 5.02 Å². The van der Waals surface area contributed by atoms with Crippen molar-refractivity contribution in [3.63, 3.8) is 0 Å². The van der Waals surface area contributed by atoms with Gasteiger partial charge in [-0.1, -0.05) is 43.6 Å². The van der Waals surface area contributed by atoms with Gasteiger partial charge in [-0.15, -0.1) is 0 Å². The third-order valence-corrected chi connectivity index (χ3v) is 3.48. The number of halogens is 1. The second-order valence-electron chi connectivity index (χ2n) is 4.33. The molecule has 0 radical (unpaired) electrons. The molecule has 2 atom stereocenters. The van der Waals surface area contributed by atoms with Crippen LogP contribution in [0.5, 0.6) is 0 Å². The van der Waals surface area contributed by atoms with Crippen LogP contribution in [0, 0.1) is 5.92 Å². The summed E-state index contributed by atoms with van der Waals surface area (Å²) in [5.41, 5.74) is 0.411. The van der Waals surface area contributed by atoms with E-state index in [0.29, 0.717) is 10.6 Å². The number of aliphatic hydroxyl groups is 1. The first kappa shape index (κ1) is 15.4. The highest BCUT2D eigenvalue weighted by Gasteiger charge is 2.28. The monoisotopic (exact) mass is 293 g/mol. The summed E-state index contributed by atoms with van der Waals surface area (Å²) < 4.78 is 32.6. The van der Waals surface area contributed by atoms with Gasteiger partial charge >= 0.3 is 10.3 Å². The Morgan fingerprint density at radius 1 is 1.28 bits per heavy atom. The first-order chi connectivity index (χ1) is 8.22. The Kier molecular flexibility index (Phi) is 5.12. The summed E-state index contributed by atoms with van der Waals surface area (Å²) in [4.78, 5) is 0. The molecule has 0 unspecified atom stereocenters. The first-order valence-corrected chi connectivity index (χ1v) is 7.21. The van der Waals surface area contributed by atoms with Crippen molar-refractivity contribution >= 4 is 21.9 Å². The first-order valence-electron chi connectivity index (χ1n) is 5.39. The Balaban J connectivity index is 3.04. The predicted molar refractivity (Wildman–Crippen MR) is 69.7 cm³/mol. The Morgan fingerprint density at radius 2 is 1.83 bits per heavy atom. The molecule has 0 amide bonds. The maximum atomic E-state index is 10.9. The van der Waals surface area contributed by atoms with Gasteiger partial charge < -0.3 is 5.11 Å². The fourth-order valence-corrected chi connectivity index (χ4v) is 2.64. The Labute approximate surface area is 112 Å². The zero-order valence-corrected chi connectivity index (χ0v) is 11.6. The van der Waals surface area contributed by atoms with E-state index in [4.69, 9.17) is 16.2 Å². The van der Waals surface area contributed by atoms with Crippen molar-refractivity contribution in [3.05, 3.63) is 34.9 Å². The van der Waals surface area contributed by atoms with Crippen molar-refractivity contribution in [2.24, 2.45) is 5.92 Å². The van der Waals surface area contributed by atoms with Gasteiger partial charge in [-0.2, -0.15) is 13.1 Å². The molecule has 0 fully saturated rings. The smallest absolute Gasteiger partial charge is 0.333 e. The zero-order chi connectivity index (χ0) is 13.9. The molecule has 0 heterocycles. The highest BCUT2D eigenvalue weighted by Crippen LogP contribution is 2.28. The summed E-state index contributed by atoms with van der Waals surface area (Å²) in [5.74, 6) is -0.224. The number of rotatable bonds is 5. The van der Waals surface area contributed by atoms with Gasteiger partial charge in [0.25, 0.3) is 0 Å². The lowest BCUT2D eigenvalue weighted by Gasteiger charge is -2.26. The number of benzene rings is 1. The van der Waals surface area contributed by atoms with E-state index >= 15 is 0 Å². The molecule has 0 aliphatic heterocycles. The minimum atomic E-state index is -4.39. The van der Waals surface area contributed by atoms with Crippen molar-refractivity contribution in [1.82, 2.24) is 4.72 Å². The average molecular weight is 294 g/mol. The zero-order valence-electron chi connectivity index (χ0n) is 10.0. The van der Waals surface area contributed by atoms with Crippen molar-refractivity contribution in [1.29, 1.82) is 0 Å². The maximum Gasteiger partial charge on any atom is 0.333 e. The van der Waals surface area contributed by atoms with Gasteiger partial charge in [-0.25, -0.2) is 0 Å². The van der Waals surface area contributed by atoms with Crippen LogP contribution in [-0.2, 0) is 10.3 Å². The lowest BCUT2D eigenvalue weighted by Crippen LogP contribution is -2.42. The minimum absolute atomic E-state index is 0.224. The molecular formula is C11H16ClNO4S. The van der Waals surface area contributed by atoms with Gasteiger partial charge in [0, 0.05) is 10.6 Å². The topological polar surface area (TPSA) is 86.6 Å². The van der Waals surface area contributed by atoms with E-state index in [0.717, 1.165) is 0 Å². The van der Waals surface area contributed by atoms with Gasteiger partial charge in [-0.3, -0.25) is 4.55 Å². The van der Waals surface area contributed by atoms with Gasteiger partial charge in [0.15, 0.2) is 0 Å². The fourth-order valence-electron chi connectivity index (χ4n) is 1.65. The van der Waals surface area contributed by atoms with Crippen molar-refractivity contribution in [2.75, 3.05) is 0 Å². The van der Waals surface area contributed by atoms with Crippen LogP contribution in [0.1, 0.15) is 25.5 Å². The lowest BCUT2D eigenvalue weighted by molar-refractivity contribution is 0.116. The number of hydrogen-bond acceptors (Lipinski definition) is 3. The minimum Gasteiger partial charge on any atom is -0.387 e. The molecule has 0 aliphatic carbocycles. The molecule has 18 heavy (non-hydrogen) atoms. The number of nitrogens with one attached hydrogen (secondary N) is 1. The summed E-state index contributed by atoms with van der Waals surface area (Å²) >= 11 is 5.94. The van der Waals surface area contributed by atoms with Gasteiger partial charge in [0.05, 0.1) is 12.1 Å². The molecule has 1 aromatic rings. The van der Waals surface area contributed by atoms with E-state index in [1.165, 1.54) is 0 Å². The van der Waals surface area contributed by atoms with Crippen LogP contribution in [-0.4, -0.2) is 24.1 Å². The molecule has 1 aromatic carbocycles. The van der Waals surface area contributed by atoms with Crippen molar-refractivity contribution in [3.8, 4) is 0 Å². The second kappa shape index (κ2) is 5.99. The molecule has 5 nitrogen and oxygen atoms in total. The van der Waals surface area contributed by atoms with Gasteiger partial charge in [-0.05, 0) is 12.0 Å². The van der Waals surface area contributed by atoms with Crippen molar-refractivity contribution in [2.45, 2.75) is 26.0 Å². The molecule has 7 heteroatoms. The number of hydrogen-bond donors (Lipinski definition) is 3. The largest absolute Gasteiger partial charge is 0.387 e. The third-order valence-electron chi connectivity index (χ3n) is 2.57. The SMILES string of the molecule is CC(C)[C@@H](NS(=O)(=O)O)[C@H](O)c1ccccc1Cl. The van der Waals surface area contributed by atoms with Gasteiger partial charge in [0.2, 0.25) is 0 Å². The second-order valence-corrected chi connectivity index (χ2v) is 5.92. The van der Waals surface area contributed by atoms with E-state index < -0.39 is 22.4 Å². The molecule has 0 aliphatic rings. The molecular weight excluding hydrogens is 278 g/mol. The third kappa shape index (κ3) is 4.22. The van der Waals surface area contributed by atoms with Crippen LogP contribution in [0.15, 0.2) is 24.3 Å². The number of aliphatic hydroxyl groups excluding tert-OH is 1. The average Bonchev–Trinajstić information content (AvgIpc) is 2.24. The summed E-state index contributed by atoms with van der Waals surface area (Å²) in [6, 6.07) is 5.74. The van der Waals surface area contributed by atoms with Crippen LogP contribution in [0.25, 0.3) is 0 Å². The molecule has 1 rings (SSSR count). The predicted octanol–water partition coefficient (Wildman–Crippen LogP) is 1.79. The molecule has 0 bridgehead atoms. The molecule has 102 valence electrons. The highest BCUT2D eigenvalue weighted by molar-refractivity contribution is 7.83. The quantitative estimate of drug-likeness (QED) is 0.722. The van der Waals surface area contributed by atoms with Crippen LogP contribution in [0.3, 0.4) is 0 Å². The molecule has 0 saturated carbocycles. The summed E-state index contributed by atoms with van der Waals surface area (Å²) in [7, 11) is -4.39. The van der Waals surface area contributed by atoms with Crippen LogP contribution < -0.4 is 4.72 Å². The molecule has 0 aromatic heterocycles. The van der Waals surface area contributed by atoms with E-state index in [9.17, 15) is 13.5 Å². The van der Waals surface area contributed by atoms with E-state index in [1.807, 2.05) is 4.72 Å². The molecule has 0 spiro atoms. The van der Waals surface area contributed by atoms with Gasteiger partial charge in [0.1, 0.15) is 0 Å². The standard InChI is InChI=1S/C11H16ClNO4S/c1-7(2)10(13-18(15,16)17)11(14)8-5-3-4-6-9(8)12/h3-7,10-11,13-14H,1-2H3,(H,15,16,17)/t10-,11-/m1/s1. The Bertz CT molecular complexity index is 504. The lowest BCUT2D eigenvalue weighted by atomic mass is 9.94.